The van der Waals surface area contributed by atoms with Crippen molar-refractivity contribution in [3.05, 3.63) is 17.0 Å². The van der Waals surface area contributed by atoms with Crippen LogP contribution in [0.5, 0.6) is 0 Å². The Morgan fingerprint density at radius 1 is 1.47 bits per heavy atom. The first-order valence-corrected chi connectivity index (χ1v) is 6.36. The zero-order valence-electron chi connectivity index (χ0n) is 12.0. The van der Waals surface area contributed by atoms with Crippen LogP contribution in [0.2, 0.25) is 0 Å². The van der Waals surface area contributed by atoms with E-state index in [2.05, 4.69) is 10.4 Å². The van der Waals surface area contributed by atoms with Crippen LogP contribution in [-0.4, -0.2) is 44.7 Å². The number of aliphatic hydroxyl groups is 2. The maximum absolute atomic E-state index is 11.7. The van der Waals surface area contributed by atoms with Gasteiger partial charge in [0, 0.05) is 25.7 Å². The Hall–Kier alpha value is -1.40. The second kappa shape index (κ2) is 6.16. The summed E-state index contributed by atoms with van der Waals surface area (Å²) in [5.74, 6) is -0.142. The number of hydrogen-bond donors (Lipinski definition) is 3. The van der Waals surface area contributed by atoms with E-state index in [4.69, 9.17) is 5.11 Å². The molecule has 0 saturated heterocycles. The topological polar surface area (TPSA) is 87.4 Å². The van der Waals surface area contributed by atoms with Crippen LogP contribution in [0.3, 0.4) is 0 Å². The Labute approximate surface area is 113 Å². The molecule has 0 saturated carbocycles. The predicted octanol–water partition coefficient (Wildman–Crippen LogP) is -0.171. The smallest absolute Gasteiger partial charge is 0.220 e. The van der Waals surface area contributed by atoms with Gasteiger partial charge in [-0.1, -0.05) is 0 Å². The summed E-state index contributed by atoms with van der Waals surface area (Å²) in [6.45, 7) is 5.05. The molecule has 1 atom stereocenters. The summed E-state index contributed by atoms with van der Waals surface area (Å²) < 4.78 is 1.80. The molecule has 1 aromatic heterocycles. The molecule has 1 rings (SSSR count). The average Bonchev–Trinajstić information content (AvgIpc) is 2.59. The number of hydrogen-bond acceptors (Lipinski definition) is 4. The Morgan fingerprint density at radius 2 is 2.11 bits per heavy atom. The quantitative estimate of drug-likeness (QED) is 0.669. The molecule has 3 N–H and O–H groups in total. The van der Waals surface area contributed by atoms with Crippen molar-refractivity contribution in [2.24, 2.45) is 7.05 Å². The summed E-state index contributed by atoms with van der Waals surface area (Å²) in [5, 5.41) is 25.4. The van der Waals surface area contributed by atoms with Crippen LogP contribution in [-0.2, 0) is 18.3 Å². The lowest BCUT2D eigenvalue weighted by atomic mass is 10.1. The number of aryl methyl sites for hydroxylation is 2. The molecule has 0 aliphatic heterocycles. The van der Waals surface area contributed by atoms with Crippen molar-refractivity contribution < 1.29 is 15.0 Å². The van der Waals surface area contributed by atoms with Crippen LogP contribution in [0.1, 0.15) is 30.3 Å². The zero-order chi connectivity index (χ0) is 14.6. The molecule has 0 radical (unpaired) electrons. The highest BCUT2D eigenvalue weighted by atomic mass is 16.3. The predicted molar refractivity (Wildman–Crippen MR) is 71.7 cm³/mol. The minimum absolute atomic E-state index is 0.0489. The third-order valence-electron chi connectivity index (χ3n) is 3.27. The van der Waals surface area contributed by atoms with E-state index in [0.717, 1.165) is 17.0 Å². The fourth-order valence-electron chi connectivity index (χ4n) is 1.85. The lowest BCUT2D eigenvalue weighted by Gasteiger charge is -2.20. The number of rotatable bonds is 6. The molecule has 19 heavy (non-hydrogen) atoms. The Morgan fingerprint density at radius 3 is 2.58 bits per heavy atom. The van der Waals surface area contributed by atoms with Crippen molar-refractivity contribution >= 4 is 5.91 Å². The lowest BCUT2D eigenvalue weighted by molar-refractivity contribution is -0.122. The highest BCUT2D eigenvalue weighted by Crippen LogP contribution is 2.13. The summed E-state index contributed by atoms with van der Waals surface area (Å²) in [5.41, 5.74) is 1.82. The molecule has 1 heterocycles. The van der Waals surface area contributed by atoms with Crippen molar-refractivity contribution in [2.45, 2.75) is 39.2 Å². The van der Waals surface area contributed by atoms with E-state index in [1.807, 2.05) is 20.9 Å². The summed E-state index contributed by atoms with van der Waals surface area (Å²) in [6.07, 6.45) is 0.966. The highest BCUT2D eigenvalue weighted by Gasteiger charge is 2.20. The standard InChI is InChI=1S/C13H23N3O3/c1-9-11(10(2)16(4)15-9)5-6-12(18)14-7-13(3,19)8-17/h17,19H,5-8H2,1-4H3,(H,14,18). The lowest BCUT2D eigenvalue weighted by Crippen LogP contribution is -2.43. The fourth-order valence-corrected chi connectivity index (χ4v) is 1.85. The molecular formula is C13H23N3O3. The van der Waals surface area contributed by atoms with Crippen LogP contribution >= 0.6 is 0 Å². The molecule has 6 heteroatoms. The van der Waals surface area contributed by atoms with Gasteiger partial charge in [0.15, 0.2) is 0 Å². The first kappa shape index (κ1) is 15.7. The maximum Gasteiger partial charge on any atom is 0.220 e. The van der Waals surface area contributed by atoms with Crippen molar-refractivity contribution in [1.29, 1.82) is 0 Å². The number of nitrogens with one attached hydrogen (secondary N) is 1. The van der Waals surface area contributed by atoms with Crippen molar-refractivity contribution in [2.75, 3.05) is 13.2 Å². The number of carbonyl (C=O) groups excluding carboxylic acids is 1. The van der Waals surface area contributed by atoms with Gasteiger partial charge in [-0.25, -0.2) is 0 Å². The van der Waals surface area contributed by atoms with Crippen LogP contribution in [0.25, 0.3) is 0 Å². The van der Waals surface area contributed by atoms with Gasteiger partial charge in [-0.3, -0.25) is 9.48 Å². The van der Waals surface area contributed by atoms with Crippen LogP contribution in [0.15, 0.2) is 0 Å². The third-order valence-corrected chi connectivity index (χ3v) is 3.27. The van der Waals surface area contributed by atoms with Gasteiger partial charge in [0.1, 0.15) is 5.60 Å². The first-order chi connectivity index (χ1) is 8.76. The van der Waals surface area contributed by atoms with Gasteiger partial charge in [0.2, 0.25) is 5.91 Å². The largest absolute Gasteiger partial charge is 0.393 e. The normalized spacial score (nSPS) is 14.2. The molecule has 1 aromatic rings. The monoisotopic (exact) mass is 269 g/mol. The molecule has 0 aliphatic rings. The third kappa shape index (κ3) is 4.33. The molecule has 0 aromatic carbocycles. The van der Waals surface area contributed by atoms with Crippen LogP contribution in [0.4, 0.5) is 0 Å². The van der Waals surface area contributed by atoms with Crippen molar-refractivity contribution in [3.63, 3.8) is 0 Å². The van der Waals surface area contributed by atoms with Crippen LogP contribution in [0, 0.1) is 13.8 Å². The first-order valence-electron chi connectivity index (χ1n) is 6.36. The minimum Gasteiger partial charge on any atom is -0.393 e. The fraction of sp³-hybridized carbons (Fsp3) is 0.692. The van der Waals surface area contributed by atoms with E-state index in [1.54, 1.807) is 4.68 Å². The Kier molecular flexibility index (Phi) is 5.08. The molecule has 108 valence electrons. The molecular weight excluding hydrogens is 246 g/mol. The van der Waals surface area contributed by atoms with Crippen LogP contribution < -0.4 is 5.32 Å². The van der Waals surface area contributed by atoms with Gasteiger partial charge in [-0.05, 0) is 32.8 Å². The van der Waals surface area contributed by atoms with E-state index in [0.29, 0.717) is 12.8 Å². The number of aromatic nitrogens is 2. The zero-order valence-corrected chi connectivity index (χ0v) is 12.0. The summed E-state index contributed by atoms with van der Waals surface area (Å²) >= 11 is 0. The second-order valence-corrected chi connectivity index (χ2v) is 5.20. The van der Waals surface area contributed by atoms with E-state index < -0.39 is 5.60 Å². The van der Waals surface area contributed by atoms with Crippen molar-refractivity contribution in [3.8, 4) is 0 Å². The number of aliphatic hydroxyl groups excluding tert-OH is 1. The van der Waals surface area contributed by atoms with Gasteiger partial charge >= 0.3 is 0 Å². The maximum atomic E-state index is 11.7. The molecule has 1 unspecified atom stereocenters. The molecule has 0 spiro atoms. The number of nitrogens with zero attached hydrogens (tertiary/aromatic N) is 2. The molecule has 0 aliphatic carbocycles. The number of carbonyl (C=O) groups is 1. The molecule has 0 bridgehead atoms. The van der Waals surface area contributed by atoms with E-state index in [1.165, 1.54) is 6.92 Å². The number of amides is 1. The molecule has 6 nitrogen and oxygen atoms in total. The van der Waals surface area contributed by atoms with E-state index >= 15 is 0 Å². The highest BCUT2D eigenvalue weighted by molar-refractivity contribution is 5.76. The Balaban J connectivity index is 2.47. The Bertz CT molecular complexity index is 452. The SMILES string of the molecule is Cc1nn(C)c(C)c1CCC(=O)NCC(C)(O)CO. The van der Waals surface area contributed by atoms with Gasteiger partial charge < -0.3 is 15.5 Å². The van der Waals surface area contributed by atoms with Gasteiger partial charge in [-0.2, -0.15) is 5.10 Å². The van der Waals surface area contributed by atoms with Crippen molar-refractivity contribution in [1.82, 2.24) is 15.1 Å². The average molecular weight is 269 g/mol. The van der Waals surface area contributed by atoms with E-state index in [-0.39, 0.29) is 19.1 Å². The summed E-state index contributed by atoms with van der Waals surface area (Å²) in [7, 11) is 1.88. The summed E-state index contributed by atoms with van der Waals surface area (Å²) in [4.78, 5) is 11.7. The van der Waals surface area contributed by atoms with Gasteiger partial charge in [-0.15, -0.1) is 0 Å². The molecule has 0 fully saturated rings. The van der Waals surface area contributed by atoms with Gasteiger partial charge in [0.05, 0.1) is 12.3 Å². The summed E-state index contributed by atoms with van der Waals surface area (Å²) in [6, 6.07) is 0. The second-order valence-electron chi connectivity index (χ2n) is 5.20. The minimum atomic E-state index is -1.27. The van der Waals surface area contributed by atoms with E-state index in [9.17, 15) is 9.90 Å². The molecule has 1 amide bonds. The van der Waals surface area contributed by atoms with Gasteiger partial charge in [0.25, 0.3) is 0 Å².